The Morgan fingerprint density at radius 3 is 1.38 bits per heavy atom. The third-order valence-corrected chi connectivity index (χ3v) is 6.15. The fraction of sp³-hybridized carbons (Fsp3) is 0.909. The molecule has 26 heavy (non-hydrogen) atoms. The van der Waals surface area contributed by atoms with Crippen molar-refractivity contribution in [3.63, 3.8) is 0 Å². The number of carbonyl (C=O) groups excluding carboxylic acids is 2. The number of hydrogen-bond acceptors (Lipinski definition) is 2. The zero-order valence-corrected chi connectivity index (χ0v) is 16.7. The van der Waals surface area contributed by atoms with Crippen LogP contribution >= 0.6 is 0 Å². The molecule has 2 aliphatic rings. The highest BCUT2D eigenvalue weighted by molar-refractivity contribution is 5.79. The Labute approximate surface area is 160 Å². The monoisotopic (exact) mass is 364 g/mol. The van der Waals surface area contributed by atoms with Crippen molar-refractivity contribution in [1.82, 2.24) is 10.6 Å². The molecule has 4 heteroatoms. The molecule has 0 saturated carbocycles. The Bertz CT molecular complexity index is 373. The number of hydrogen-bond donors (Lipinski definition) is 2. The molecule has 0 spiro atoms. The molecule has 2 N–H and O–H groups in total. The zero-order chi connectivity index (χ0) is 18.5. The molecule has 2 heterocycles. The van der Waals surface area contributed by atoms with Gasteiger partial charge in [-0.3, -0.25) is 9.59 Å². The summed E-state index contributed by atoms with van der Waals surface area (Å²) in [6.07, 6.45) is 19.2. The molecule has 2 saturated heterocycles. The smallest absolute Gasteiger partial charge is 0.223 e. The van der Waals surface area contributed by atoms with Crippen molar-refractivity contribution in [3.8, 4) is 0 Å². The Balaban J connectivity index is 1.39. The fourth-order valence-electron chi connectivity index (χ4n) is 4.40. The Morgan fingerprint density at radius 2 is 0.962 bits per heavy atom. The molecule has 4 nitrogen and oxygen atoms in total. The van der Waals surface area contributed by atoms with Crippen LogP contribution in [-0.2, 0) is 9.59 Å². The van der Waals surface area contributed by atoms with E-state index in [1.165, 1.54) is 64.2 Å². The molecule has 2 fully saturated rings. The number of unbranched alkanes of at least 4 members (excludes halogenated alkanes) is 7. The first-order valence-electron chi connectivity index (χ1n) is 11.3. The highest BCUT2D eigenvalue weighted by Crippen LogP contribution is 2.21. The van der Waals surface area contributed by atoms with E-state index < -0.39 is 0 Å². The molecular formula is C22H40N2O2. The predicted molar refractivity (Wildman–Crippen MR) is 107 cm³/mol. The van der Waals surface area contributed by atoms with E-state index in [1.54, 1.807) is 0 Å². The molecule has 2 atom stereocenters. The number of carbonyl (C=O) groups is 2. The summed E-state index contributed by atoms with van der Waals surface area (Å²) >= 11 is 0. The summed E-state index contributed by atoms with van der Waals surface area (Å²) in [6.45, 7) is 1.75. The maximum atomic E-state index is 11.9. The van der Waals surface area contributed by atoms with Crippen molar-refractivity contribution in [2.75, 3.05) is 13.1 Å². The van der Waals surface area contributed by atoms with Gasteiger partial charge < -0.3 is 10.6 Å². The second kappa shape index (κ2) is 13.2. The van der Waals surface area contributed by atoms with Crippen LogP contribution in [0.25, 0.3) is 0 Å². The van der Waals surface area contributed by atoms with Crippen LogP contribution in [0.2, 0.25) is 0 Å². The summed E-state index contributed by atoms with van der Waals surface area (Å²) in [5.74, 6) is 1.15. The van der Waals surface area contributed by atoms with Gasteiger partial charge in [0.15, 0.2) is 0 Å². The standard InChI is InChI=1S/C22H40N2O2/c25-21-19(15-9-11-17-23-21)13-7-5-3-1-2-4-6-8-14-20-16-10-12-18-24-22(20)26/h19-20H,1-18H2,(H,23,25)(H,24,26). The van der Waals surface area contributed by atoms with Crippen molar-refractivity contribution in [2.45, 2.75) is 103 Å². The van der Waals surface area contributed by atoms with Crippen LogP contribution < -0.4 is 10.6 Å². The summed E-state index contributed by atoms with van der Waals surface area (Å²) in [6, 6.07) is 0. The van der Waals surface area contributed by atoms with Gasteiger partial charge in [0.25, 0.3) is 0 Å². The fourth-order valence-corrected chi connectivity index (χ4v) is 4.40. The van der Waals surface area contributed by atoms with Gasteiger partial charge in [-0.15, -0.1) is 0 Å². The van der Waals surface area contributed by atoms with Gasteiger partial charge in [0.05, 0.1) is 0 Å². The van der Waals surface area contributed by atoms with Gasteiger partial charge >= 0.3 is 0 Å². The lowest BCUT2D eigenvalue weighted by Gasteiger charge is -2.13. The third-order valence-electron chi connectivity index (χ3n) is 6.15. The van der Waals surface area contributed by atoms with Crippen molar-refractivity contribution in [1.29, 1.82) is 0 Å². The minimum Gasteiger partial charge on any atom is -0.356 e. The van der Waals surface area contributed by atoms with Crippen molar-refractivity contribution < 1.29 is 9.59 Å². The van der Waals surface area contributed by atoms with E-state index >= 15 is 0 Å². The molecule has 0 aliphatic carbocycles. The van der Waals surface area contributed by atoms with E-state index in [0.29, 0.717) is 11.8 Å². The van der Waals surface area contributed by atoms with Crippen LogP contribution in [0, 0.1) is 11.8 Å². The highest BCUT2D eigenvalue weighted by atomic mass is 16.2. The third kappa shape index (κ3) is 8.55. The Hall–Kier alpha value is -1.06. The SMILES string of the molecule is O=C1NCCCCC1CCCCCCCCCCC1CCCCNC1=O. The van der Waals surface area contributed by atoms with Gasteiger partial charge in [-0.25, -0.2) is 0 Å². The first-order valence-corrected chi connectivity index (χ1v) is 11.3. The van der Waals surface area contributed by atoms with Gasteiger partial charge in [-0.2, -0.15) is 0 Å². The molecule has 2 rings (SSSR count). The van der Waals surface area contributed by atoms with E-state index in [9.17, 15) is 9.59 Å². The molecule has 0 aromatic heterocycles. The van der Waals surface area contributed by atoms with Gasteiger partial charge in [0.1, 0.15) is 0 Å². The number of rotatable bonds is 11. The lowest BCUT2D eigenvalue weighted by molar-refractivity contribution is -0.125. The second-order valence-corrected chi connectivity index (χ2v) is 8.37. The average molecular weight is 365 g/mol. The zero-order valence-electron chi connectivity index (χ0n) is 16.7. The average Bonchev–Trinajstić information content (AvgIpc) is 2.97. The Morgan fingerprint density at radius 1 is 0.577 bits per heavy atom. The Kier molecular flexibility index (Phi) is 10.8. The topological polar surface area (TPSA) is 58.2 Å². The van der Waals surface area contributed by atoms with Crippen LogP contribution in [0.15, 0.2) is 0 Å². The number of amides is 2. The largest absolute Gasteiger partial charge is 0.356 e. The molecule has 2 unspecified atom stereocenters. The molecular weight excluding hydrogens is 324 g/mol. The number of nitrogens with one attached hydrogen (secondary N) is 2. The van der Waals surface area contributed by atoms with E-state index in [0.717, 1.165) is 51.6 Å². The summed E-state index contributed by atoms with van der Waals surface area (Å²) in [4.78, 5) is 23.8. The van der Waals surface area contributed by atoms with E-state index in [2.05, 4.69) is 10.6 Å². The minimum absolute atomic E-state index is 0.277. The van der Waals surface area contributed by atoms with E-state index in [-0.39, 0.29) is 11.8 Å². The van der Waals surface area contributed by atoms with E-state index in [1.807, 2.05) is 0 Å². The first kappa shape index (κ1) is 21.2. The van der Waals surface area contributed by atoms with Crippen LogP contribution in [0.3, 0.4) is 0 Å². The molecule has 2 amide bonds. The normalized spacial score (nSPS) is 24.5. The van der Waals surface area contributed by atoms with Crippen molar-refractivity contribution in [2.24, 2.45) is 11.8 Å². The lowest BCUT2D eigenvalue weighted by atomic mass is 9.94. The maximum Gasteiger partial charge on any atom is 0.223 e. The van der Waals surface area contributed by atoms with Crippen LogP contribution in [0.4, 0.5) is 0 Å². The minimum atomic E-state index is 0.277. The summed E-state index contributed by atoms with van der Waals surface area (Å²) in [7, 11) is 0. The van der Waals surface area contributed by atoms with E-state index in [4.69, 9.17) is 0 Å². The van der Waals surface area contributed by atoms with Gasteiger partial charge in [-0.05, 0) is 38.5 Å². The summed E-state index contributed by atoms with van der Waals surface area (Å²) < 4.78 is 0. The quantitative estimate of drug-likeness (QED) is 0.521. The first-order chi connectivity index (χ1) is 12.8. The van der Waals surface area contributed by atoms with Crippen LogP contribution in [0.1, 0.15) is 103 Å². The summed E-state index contributed by atoms with van der Waals surface area (Å²) in [5.41, 5.74) is 0. The van der Waals surface area contributed by atoms with Crippen LogP contribution in [0.5, 0.6) is 0 Å². The maximum absolute atomic E-state index is 11.9. The molecule has 0 aromatic rings. The molecule has 0 aromatic carbocycles. The van der Waals surface area contributed by atoms with Crippen molar-refractivity contribution >= 4 is 11.8 Å². The highest BCUT2D eigenvalue weighted by Gasteiger charge is 2.20. The van der Waals surface area contributed by atoms with Crippen LogP contribution in [-0.4, -0.2) is 24.9 Å². The lowest BCUT2D eigenvalue weighted by Crippen LogP contribution is -2.28. The summed E-state index contributed by atoms with van der Waals surface area (Å²) in [5, 5.41) is 6.08. The molecule has 0 radical (unpaired) electrons. The van der Waals surface area contributed by atoms with Gasteiger partial charge in [0.2, 0.25) is 11.8 Å². The van der Waals surface area contributed by atoms with Gasteiger partial charge in [-0.1, -0.05) is 64.2 Å². The molecule has 150 valence electrons. The molecule has 0 bridgehead atoms. The molecule has 2 aliphatic heterocycles. The van der Waals surface area contributed by atoms with Gasteiger partial charge in [0, 0.05) is 24.9 Å². The second-order valence-electron chi connectivity index (χ2n) is 8.37. The predicted octanol–water partition coefficient (Wildman–Crippen LogP) is 4.72. The van der Waals surface area contributed by atoms with Crippen molar-refractivity contribution in [3.05, 3.63) is 0 Å².